The van der Waals surface area contributed by atoms with E-state index in [0.29, 0.717) is 56.9 Å². The molecule has 3 aromatic carbocycles. The first-order valence-corrected chi connectivity index (χ1v) is 16.7. The van der Waals surface area contributed by atoms with Crippen molar-refractivity contribution in [2.45, 2.75) is 49.7 Å². The van der Waals surface area contributed by atoms with Crippen LogP contribution in [0.1, 0.15) is 35.1 Å². The Morgan fingerprint density at radius 3 is 2.51 bits per heavy atom. The maximum Gasteiger partial charge on any atom is 0.245 e. The summed E-state index contributed by atoms with van der Waals surface area (Å²) in [4.78, 5) is 29.3. The molecule has 3 aliphatic rings. The number of amides is 2. The minimum absolute atomic E-state index is 0.162. The molecule has 1 spiro atoms. The van der Waals surface area contributed by atoms with Crippen molar-refractivity contribution in [2.75, 3.05) is 30.2 Å². The Bertz CT molecular complexity index is 1650. The maximum absolute atomic E-state index is 14.0. The molecule has 6 rings (SSSR count). The summed E-state index contributed by atoms with van der Waals surface area (Å²) in [7, 11) is -3.44. The topological polar surface area (TPSA) is 119 Å². The van der Waals surface area contributed by atoms with Gasteiger partial charge in [-0.25, -0.2) is 8.42 Å². The fourth-order valence-electron chi connectivity index (χ4n) is 6.70. The standard InChI is InChI=1S/C32H35ClN4O5S/c1-43(41,42)37-20-32(26-4-2-3-5-29(26)37)12-14-36(15-13-32)31(40)28(16-21-6-9-24(33)10-7-21)35-30(39)27-18-22-8-11-25(38)17-23(22)19-34-27/h2-11,17,27-28,34,38H,12-16,18-20H2,1H3,(H,35,39)/t27-,28?/m0/s1. The molecule has 0 radical (unpaired) electrons. The van der Waals surface area contributed by atoms with Crippen molar-refractivity contribution in [2.24, 2.45) is 0 Å². The van der Waals surface area contributed by atoms with E-state index in [4.69, 9.17) is 11.6 Å². The number of rotatable bonds is 6. The summed E-state index contributed by atoms with van der Waals surface area (Å²) >= 11 is 6.09. The Morgan fingerprint density at radius 2 is 1.79 bits per heavy atom. The molecule has 0 saturated carbocycles. The van der Waals surface area contributed by atoms with Crippen LogP contribution in [-0.2, 0) is 44.4 Å². The Kier molecular flexibility index (Phi) is 7.87. The monoisotopic (exact) mass is 622 g/mol. The number of likely N-dealkylation sites (tertiary alicyclic amines) is 1. The highest BCUT2D eigenvalue weighted by Gasteiger charge is 2.48. The predicted octanol–water partition coefficient (Wildman–Crippen LogP) is 3.13. The van der Waals surface area contributed by atoms with E-state index in [0.717, 1.165) is 27.9 Å². The van der Waals surface area contributed by atoms with Gasteiger partial charge in [0.15, 0.2) is 0 Å². The second-order valence-corrected chi connectivity index (χ2v) is 14.2. The van der Waals surface area contributed by atoms with Gasteiger partial charge in [0.05, 0.1) is 18.0 Å². The van der Waals surface area contributed by atoms with Gasteiger partial charge in [0.1, 0.15) is 11.8 Å². The van der Waals surface area contributed by atoms with Crippen molar-refractivity contribution in [1.29, 1.82) is 0 Å². The van der Waals surface area contributed by atoms with Gasteiger partial charge in [-0.3, -0.25) is 13.9 Å². The zero-order valence-electron chi connectivity index (χ0n) is 23.9. The van der Waals surface area contributed by atoms with Crippen LogP contribution in [0.3, 0.4) is 0 Å². The average Bonchev–Trinajstić information content (AvgIpc) is 3.32. The zero-order valence-corrected chi connectivity index (χ0v) is 25.5. The number of benzene rings is 3. The van der Waals surface area contributed by atoms with Crippen LogP contribution in [0.15, 0.2) is 66.7 Å². The number of carbonyl (C=O) groups excluding carboxylic acids is 2. The van der Waals surface area contributed by atoms with Gasteiger partial charge >= 0.3 is 0 Å². The normalized spacial score (nSPS) is 19.9. The molecule has 2 amide bonds. The van der Waals surface area contributed by atoms with E-state index in [1.165, 1.54) is 10.6 Å². The number of sulfonamides is 1. The van der Waals surface area contributed by atoms with Crippen LogP contribution in [-0.4, -0.2) is 68.2 Å². The summed E-state index contributed by atoms with van der Waals surface area (Å²) in [6, 6.07) is 18.7. The third-order valence-corrected chi connectivity index (χ3v) is 10.4. The Balaban J connectivity index is 1.19. The highest BCUT2D eigenvalue weighted by Crippen LogP contribution is 2.47. The van der Waals surface area contributed by atoms with Crippen LogP contribution in [0.4, 0.5) is 5.69 Å². The van der Waals surface area contributed by atoms with E-state index in [2.05, 4.69) is 10.6 Å². The van der Waals surface area contributed by atoms with E-state index in [-0.39, 0.29) is 23.0 Å². The van der Waals surface area contributed by atoms with Crippen LogP contribution >= 0.6 is 11.6 Å². The van der Waals surface area contributed by atoms with Crippen molar-refractivity contribution in [1.82, 2.24) is 15.5 Å². The SMILES string of the molecule is CS(=O)(=O)N1CC2(CCN(C(=O)C(Cc3ccc(Cl)cc3)NC(=O)[C@@H]3Cc4ccc(O)cc4CN3)CC2)c2ccccc21. The number of nitrogens with one attached hydrogen (secondary N) is 2. The van der Waals surface area contributed by atoms with E-state index in [1.54, 1.807) is 29.2 Å². The predicted molar refractivity (Wildman–Crippen MR) is 166 cm³/mol. The number of anilines is 1. The molecule has 43 heavy (non-hydrogen) atoms. The fraction of sp³-hybridized carbons (Fsp3) is 0.375. The summed E-state index contributed by atoms with van der Waals surface area (Å²) in [5.41, 5.74) is 4.17. The maximum atomic E-state index is 14.0. The lowest BCUT2D eigenvalue weighted by Crippen LogP contribution is -2.57. The third kappa shape index (κ3) is 5.96. The second kappa shape index (κ2) is 11.5. The molecule has 0 aliphatic carbocycles. The van der Waals surface area contributed by atoms with Crippen molar-refractivity contribution in [3.05, 3.63) is 94.0 Å². The van der Waals surface area contributed by atoms with Crippen LogP contribution in [0.5, 0.6) is 5.75 Å². The Hall–Kier alpha value is -3.60. The molecular formula is C32H35ClN4O5S. The van der Waals surface area contributed by atoms with Gasteiger partial charge in [-0.05, 0) is 71.8 Å². The van der Waals surface area contributed by atoms with Gasteiger partial charge in [-0.1, -0.05) is 48.0 Å². The summed E-state index contributed by atoms with van der Waals surface area (Å²) < 4.78 is 26.7. The molecule has 3 aliphatic heterocycles. The number of carbonyl (C=O) groups is 2. The lowest BCUT2D eigenvalue weighted by Gasteiger charge is -2.41. The largest absolute Gasteiger partial charge is 0.508 e. The highest BCUT2D eigenvalue weighted by atomic mass is 35.5. The molecule has 3 heterocycles. The Morgan fingerprint density at radius 1 is 1.07 bits per heavy atom. The molecule has 3 N–H and O–H groups in total. The molecule has 226 valence electrons. The molecule has 1 saturated heterocycles. The van der Waals surface area contributed by atoms with Crippen molar-refractivity contribution in [3.63, 3.8) is 0 Å². The van der Waals surface area contributed by atoms with Crippen molar-refractivity contribution in [3.8, 4) is 5.75 Å². The van der Waals surface area contributed by atoms with Gasteiger partial charge < -0.3 is 20.6 Å². The Labute approximate surface area is 256 Å². The molecule has 2 atom stereocenters. The van der Waals surface area contributed by atoms with Gasteiger partial charge in [0.2, 0.25) is 21.8 Å². The van der Waals surface area contributed by atoms with Gasteiger partial charge in [0, 0.05) is 43.0 Å². The summed E-state index contributed by atoms with van der Waals surface area (Å²) in [6.45, 7) is 1.72. The quantitative estimate of drug-likeness (QED) is 0.389. The number of hydrogen-bond acceptors (Lipinski definition) is 6. The molecule has 3 aromatic rings. The summed E-state index contributed by atoms with van der Waals surface area (Å²) in [5.74, 6) is -0.232. The lowest BCUT2D eigenvalue weighted by atomic mass is 9.74. The molecule has 1 fully saturated rings. The summed E-state index contributed by atoms with van der Waals surface area (Å²) in [6.07, 6.45) is 3.24. The van der Waals surface area contributed by atoms with Crippen LogP contribution in [0.2, 0.25) is 5.02 Å². The molecule has 0 bridgehead atoms. The van der Waals surface area contributed by atoms with E-state index in [1.807, 2.05) is 42.5 Å². The summed E-state index contributed by atoms with van der Waals surface area (Å²) in [5, 5.41) is 16.7. The van der Waals surface area contributed by atoms with Crippen molar-refractivity contribution < 1.29 is 23.1 Å². The van der Waals surface area contributed by atoms with Gasteiger partial charge in [-0.2, -0.15) is 0 Å². The number of hydrogen-bond donors (Lipinski definition) is 3. The van der Waals surface area contributed by atoms with Crippen LogP contribution in [0, 0.1) is 0 Å². The lowest BCUT2D eigenvalue weighted by molar-refractivity contribution is -0.138. The van der Waals surface area contributed by atoms with E-state index >= 15 is 0 Å². The van der Waals surface area contributed by atoms with Gasteiger partial charge in [0.25, 0.3) is 0 Å². The van der Waals surface area contributed by atoms with E-state index < -0.39 is 22.1 Å². The number of phenolic OH excluding ortho intramolecular Hbond substituents is 1. The van der Waals surface area contributed by atoms with Crippen molar-refractivity contribution >= 4 is 39.1 Å². The number of para-hydroxylation sites is 1. The number of halogens is 1. The number of aromatic hydroxyl groups is 1. The highest BCUT2D eigenvalue weighted by molar-refractivity contribution is 7.92. The first-order valence-electron chi connectivity index (χ1n) is 14.5. The first kappa shape index (κ1) is 29.5. The number of piperidine rings is 1. The molecule has 9 nitrogen and oxygen atoms in total. The second-order valence-electron chi connectivity index (χ2n) is 11.9. The average molecular weight is 623 g/mol. The number of phenols is 1. The zero-order chi connectivity index (χ0) is 30.4. The molecule has 1 unspecified atom stereocenters. The van der Waals surface area contributed by atoms with Crippen LogP contribution in [0.25, 0.3) is 0 Å². The molecule has 0 aromatic heterocycles. The minimum Gasteiger partial charge on any atom is -0.508 e. The fourth-order valence-corrected chi connectivity index (χ4v) is 7.82. The molecule has 11 heteroatoms. The van der Waals surface area contributed by atoms with Crippen LogP contribution < -0.4 is 14.9 Å². The third-order valence-electron chi connectivity index (χ3n) is 9.06. The number of fused-ring (bicyclic) bond motifs is 3. The van der Waals surface area contributed by atoms with Gasteiger partial charge in [-0.15, -0.1) is 0 Å². The first-order chi connectivity index (χ1) is 20.5. The van der Waals surface area contributed by atoms with E-state index in [9.17, 15) is 23.1 Å². The molecular weight excluding hydrogens is 588 g/mol. The number of nitrogens with zero attached hydrogens (tertiary/aromatic N) is 2. The minimum atomic E-state index is -3.44. The smallest absolute Gasteiger partial charge is 0.245 e.